The van der Waals surface area contributed by atoms with Gasteiger partial charge in [-0.25, -0.2) is 0 Å². The molecule has 1 N–H and O–H groups in total. The molecule has 0 aliphatic carbocycles. The van der Waals surface area contributed by atoms with Crippen LogP contribution < -0.4 is 10.1 Å². The van der Waals surface area contributed by atoms with Gasteiger partial charge in [0.25, 0.3) is 17.7 Å². The maximum absolute atomic E-state index is 12.5. The number of imide groups is 1. The fraction of sp³-hybridized carbons (Fsp3) is 0.154. The summed E-state index contributed by atoms with van der Waals surface area (Å²) < 4.78 is 5.29. The van der Waals surface area contributed by atoms with E-state index in [1.165, 1.54) is 12.1 Å². The monoisotopic (exact) mass is 442 g/mol. The Kier molecular flexibility index (Phi) is 6.04. The van der Waals surface area contributed by atoms with E-state index < -0.39 is 17.8 Å². The Hall–Kier alpha value is -4.26. The Morgan fingerprint density at radius 2 is 1.52 bits per heavy atom. The highest BCUT2D eigenvalue weighted by atomic mass is 16.5. The average molecular weight is 442 g/mol. The molecule has 3 amide bonds. The maximum Gasteiger partial charge on any atom is 0.312 e. The zero-order valence-electron chi connectivity index (χ0n) is 18.3. The first kappa shape index (κ1) is 22.0. The number of esters is 1. The molecule has 3 aromatic rings. The van der Waals surface area contributed by atoms with Crippen LogP contribution in [0.5, 0.6) is 5.75 Å². The highest BCUT2D eigenvalue weighted by molar-refractivity contribution is 6.21. The molecule has 0 atom stereocenters. The summed E-state index contributed by atoms with van der Waals surface area (Å²) in [4.78, 5) is 50.5. The lowest BCUT2D eigenvalue weighted by molar-refractivity contribution is -0.134. The molecule has 0 fully saturated rings. The average Bonchev–Trinajstić information content (AvgIpc) is 3.05. The number of carbonyl (C=O) groups excluding carboxylic acids is 4. The highest BCUT2D eigenvalue weighted by Crippen LogP contribution is 2.23. The van der Waals surface area contributed by atoms with Gasteiger partial charge in [-0.3, -0.25) is 24.1 Å². The third kappa shape index (κ3) is 4.67. The van der Waals surface area contributed by atoms with Crippen molar-refractivity contribution in [1.29, 1.82) is 0 Å². The van der Waals surface area contributed by atoms with Crippen LogP contribution in [-0.4, -0.2) is 35.1 Å². The first-order chi connectivity index (χ1) is 15.8. The number of amides is 3. The van der Waals surface area contributed by atoms with Crippen molar-refractivity contribution in [3.8, 4) is 5.75 Å². The van der Waals surface area contributed by atoms with Crippen LogP contribution in [0.1, 0.15) is 48.6 Å². The van der Waals surface area contributed by atoms with Crippen molar-refractivity contribution in [3.05, 3.63) is 94.5 Å². The number of hydrogen-bond donors (Lipinski definition) is 1. The predicted molar refractivity (Wildman–Crippen MR) is 122 cm³/mol. The molecule has 0 aromatic heterocycles. The lowest BCUT2D eigenvalue weighted by atomic mass is 10.1. The van der Waals surface area contributed by atoms with Gasteiger partial charge < -0.3 is 10.1 Å². The van der Waals surface area contributed by atoms with E-state index in [0.717, 1.165) is 21.7 Å². The van der Waals surface area contributed by atoms with Gasteiger partial charge in [0, 0.05) is 17.8 Å². The van der Waals surface area contributed by atoms with E-state index >= 15 is 0 Å². The molecule has 1 aliphatic rings. The molecule has 7 heteroatoms. The molecule has 7 nitrogen and oxygen atoms in total. The van der Waals surface area contributed by atoms with E-state index in [1.807, 2.05) is 32.0 Å². The summed E-state index contributed by atoms with van der Waals surface area (Å²) in [6, 6.07) is 18.5. The molecule has 0 saturated carbocycles. The first-order valence-corrected chi connectivity index (χ1v) is 10.5. The molecule has 3 aromatic carbocycles. The second-order valence-electron chi connectivity index (χ2n) is 7.83. The smallest absolute Gasteiger partial charge is 0.312 e. The molecule has 0 radical (unpaired) electrons. The normalized spacial score (nSPS) is 12.5. The molecule has 0 saturated heterocycles. The quantitative estimate of drug-likeness (QED) is 0.352. The molecular weight excluding hydrogens is 420 g/mol. The van der Waals surface area contributed by atoms with Crippen molar-refractivity contribution >= 4 is 29.4 Å². The van der Waals surface area contributed by atoms with Crippen molar-refractivity contribution in [1.82, 2.24) is 4.90 Å². The Bertz CT molecular complexity index is 1230. The number of carbonyl (C=O) groups is 4. The van der Waals surface area contributed by atoms with E-state index in [0.29, 0.717) is 16.7 Å². The minimum atomic E-state index is -0.584. The lowest BCUT2D eigenvalue weighted by Gasteiger charge is -2.13. The molecule has 4 rings (SSSR count). The highest BCUT2D eigenvalue weighted by Gasteiger charge is 2.35. The van der Waals surface area contributed by atoms with Gasteiger partial charge in [0.1, 0.15) is 5.75 Å². The summed E-state index contributed by atoms with van der Waals surface area (Å²) in [6.45, 7) is 3.80. The summed E-state index contributed by atoms with van der Waals surface area (Å²) in [5, 5.41) is 2.88. The van der Waals surface area contributed by atoms with Crippen LogP contribution in [0.4, 0.5) is 5.69 Å². The number of nitrogens with one attached hydrogen (secondary N) is 1. The van der Waals surface area contributed by atoms with Gasteiger partial charge in [-0.2, -0.15) is 0 Å². The minimum absolute atomic E-state index is 0.0679. The van der Waals surface area contributed by atoms with Crippen LogP contribution in [0.25, 0.3) is 0 Å². The van der Waals surface area contributed by atoms with Gasteiger partial charge in [-0.05, 0) is 67.4 Å². The van der Waals surface area contributed by atoms with Crippen molar-refractivity contribution in [2.75, 3.05) is 11.9 Å². The number of rotatable bonds is 6. The Labute approximate surface area is 191 Å². The minimum Gasteiger partial charge on any atom is -0.426 e. The summed E-state index contributed by atoms with van der Waals surface area (Å²) in [5.74, 6) is -1.41. The van der Waals surface area contributed by atoms with Crippen molar-refractivity contribution < 1.29 is 23.9 Å². The van der Waals surface area contributed by atoms with Gasteiger partial charge in [-0.15, -0.1) is 0 Å². The number of nitrogens with zero attached hydrogens (tertiary/aromatic N) is 1. The number of benzene rings is 3. The maximum atomic E-state index is 12.5. The lowest BCUT2D eigenvalue weighted by Crippen LogP contribution is -2.32. The SMILES string of the molecule is Cc1ccc(C)c(NC(=O)c2ccc(OC(=O)CCN3C(=O)c4ccccc4C3=O)cc2)c1. The third-order valence-corrected chi connectivity index (χ3v) is 5.41. The molecule has 166 valence electrons. The molecule has 1 aliphatic heterocycles. The molecule has 33 heavy (non-hydrogen) atoms. The van der Waals surface area contributed by atoms with E-state index in [-0.39, 0.29) is 24.6 Å². The number of hydrogen-bond acceptors (Lipinski definition) is 5. The van der Waals surface area contributed by atoms with Crippen LogP contribution >= 0.6 is 0 Å². The summed E-state index contributed by atoms with van der Waals surface area (Å²) >= 11 is 0. The van der Waals surface area contributed by atoms with Gasteiger partial charge in [0.15, 0.2) is 0 Å². The molecule has 0 unspecified atom stereocenters. The van der Waals surface area contributed by atoms with Crippen LogP contribution in [0.3, 0.4) is 0 Å². The number of aryl methyl sites for hydroxylation is 2. The van der Waals surface area contributed by atoms with Crippen LogP contribution in [0.15, 0.2) is 66.7 Å². The fourth-order valence-electron chi connectivity index (χ4n) is 3.57. The third-order valence-electron chi connectivity index (χ3n) is 5.41. The largest absolute Gasteiger partial charge is 0.426 e. The topological polar surface area (TPSA) is 92.8 Å². The summed E-state index contributed by atoms with van der Waals surface area (Å²) in [6.07, 6.45) is -0.139. The Balaban J connectivity index is 1.32. The van der Waals surface area contributed by atoms with E-state index in [4.69, 9.17) is 4.74 Å². The van der Waals surface area contributed by atoms with Gasteiger partial charge in [0.2, 0.25) is 0 Å². The second kappa shape index (κ2) is 9.08. The summed E-state index contributed by atoms with van der Waals surface area (Å²) in [7, 11) is 0. The van der Waals surface area contributed by atoms with Crippen molar-refractivity contribution in [3.63, 3.8) is 0 Å². The molecular formula is C26H22N2O5. The first-order valence-electron chi connectivity index (χ1n) is 10.5. The van der Waals surface area contributed by atoms with Crippen molar-refractivity contribution in [2.45, 2.75) is 20.3 Å². The van der Waals surface area contributed by atoms with E-state index in [2.05, 4.69) is 5.32 Å². The van der Waals surface area contributed by atoms with Gasteiger partial charge in [0.05, 0.1) is 17.5 Å². The number of ether oxygens (including phenoxy) is 1. The van der Waals surface area contributed by atoms with Crippen LogP contribution in [0, 0.1) is 13.8 Å². The standard InChI is InChI=1S/C26H22N2O5/c1-16-7-8-17(2)22(15-16)27-24(30)18-9-11-19(12-10-18)33-23(29)13-14-28-25(31)20-5-3-4-6-21(20)26(28)32/h3-12,15H,13-14H2,1-2H3,(H,27,30). The molecule has 0 spiro atoms. The van der Waals surface area contributed by atoms with Gasteiger partial charge in [-0.1, -0.05) is 24.3 Å². The van der Waals surface area contributed by atoms with Crippen LogP contribution in [-0.2, 0) is 4.79 Å². The number of fused-ring (bicyclic) bond motifs is 1. The Morgan fingerprint density at radius 1 is 0.879 bits per heavy atom. The van der Waals surface area contributed by atoms with Crippen LogP contribution in [0.2, 0.25) is 0 Å². The predicted octanol–water partition coefficient (Wildman–Crippen LogP) is 4.15. The summed E-state index contributed by atoms with van der Waals surface area (Å²) in [5.41, 5.74) is 3.83. The zero-order chi connectivity index (χ0) is 23.5. The van der Waals surface area contributed by atoms with E-state index in [1.54, 1.807) is 36.4 Å². The van der Waals surface area contributed by atoms with Crippen molar-refractivity contribution in [2.24, 2.45) is 0 Å². The molecule has 0 bridgehead atoms. The fourth-order valence-corrected chi connectivity index (χ4v) is 3.57. The second-order valence-corrected chi connectivity index (χ2v) is 7.83. The molecule has 1 heterocycles. The number of anilines is 1. The Morgan fingerprint density at radius 3 is 2.15 bits per heavy atom. The van der Waals surface area contributed by atoms with E-state index in [9.17, 15) is 19.2 Å². The van der Waals surface area contributed by atoms with Gasteiger partial charge >= 0.3 is 5.97 Å². The zero-order valence-corrected chi connectivity index (χ0v) is 18.3.